The van der Waals surface area contributed by atoms with Crippen LogP contribution in [0, 0.1) is 0 Å². The van der Waals surface area contributed by atoms with Gasteiger partial charge in [0.15, 0.2) is 5.11 Å². The Morgan fingerprint density at radius 1 is 0.531 bits per heavy atom. The number of anilines is 2. The molecule has 0 bridgehead atoms. The fourth-order valence-electron chi connectivity index (χ4n) is 2.54. The van der Waals surface area contributed by atoms with Crippen molar-refractivity contribution in [2.24, 2.45) is 5.73 Å². The maximum absolute atomic E-state index is 13.1. The van der Waals surface area contributed by atoms with Crippen LogP contribution in [0.25, 0.3) is 0 Å². The van der Waals surface area contributed by atoms with Crippen molar-refractivity contribution in [3.05, 3.63) is 58.7 Å². The Morgan fingerprint density at radius 2 is 0.750 bits per heavy atom. The Hall–Kier alpha value is -2.71. The van der Waals surface area contributed by atoms with Gasteiger partial charge in [-0.1, -0.05) is 0 Å². The van der Waals surface area contributed by atoms with E-state index in [0.717, 1.165) is 0 Å². The van der Waals surface area contributed by atoms with E-state index in [1.165, 1.54) is 0 Å². The van der Waals surface area contributed by atoms with Crippen LogP contribution >= 0.6 is 12.2 Å². The van der Waals surface area contributed by atoms with E-state index in [9.17, 15) is 52.7 Å². The van der Waals surface area contributed by atoms with E-state index in [1.807, 2.05) is 0 Å². The summed E-state index contributed by atoms with van der Waals surface area (Å²) in [6.45, 7) is 0. The zero-order chi connectivity index (χ0) is 24.9. The van der Waals surface area contributed by atoms with Crippen LogP contribution in [0.4, 0.5) is 64.1 Å². The second kappa shape index (κ2) is 8.01. The molecule has 0 aliphatic heterocycles. The number of nitrogens with two attached hydrogens (primary N) is 1. The van der Waals surface area contributed by atoms with Crippen molar-refractivity contribution >= 4 is 28.7 Å². The molecule has 0 heterocycles. The molecule has 0 fully saturated rings. The van der Waals surface area contributed by atoms with Crippen LogP contribution in [0.5, 0.6) is 0 Å². The van der Waals surface area contributed by atoms with Crippen LogP contribution in [0.1, 0.15) is 22.3 Å². The molecule has 0 aliphatic rings. The van der Waals surface area contributed by atoms with E-state index in [-0.39, 0.29) is 41.3 Å². The van der Waals surface area contributed by atoms with E-state index in [0.29, 0.717) is 0 Å². The van der Waals surface area contributed by atoms with E-state index in [2.05, 4.69) is 12.2 Å². The summed E-state index contributed by atoms with van der Waals surface area (Å²) < 4.78 is 157. The highest BCUT2D eigenvalue weighted by Crippen LogP contribution is 2.42. The third kappa shape index (κ3) is 5.75. The molecule has 2 rings (SSSR count). The minimum atomic E-state index is -5.34. The first-order chi connectivity index (χ1) is 14.2. The second-order valence-electron chi connectivity index (χ2n) is 6.20. The second-order valence-corrected chi connectivity index (χ2v) is 6.62. The summed E-state index contributed by atoms with van der Waals surface area (Å²) in [4.78, 5) is 0.0459. The number of hydrogen-bond donors (Lipinski definition) is 1. The van der Waals surface area contributed by atoms with Crippen molar-refractivity contribution in [2.45, 2.75) is 24.7 Å². The van der Waals surface area contributed by atoms with Crippen LogP contribution in [-0.2, 0) is 24.7 Å². The Bertz CT molecular complexity index is 878. The van der Waals surface area contributed by atoms with Crippen molar-refractivity contribution < 1.29 is 52.7 Å². The minimum absolute atomic E-state index is 0.0459. The van der Waals surface area contributed by atoms with Crippen molar-refractivity contribution in [1.29, 1.82) is 0 Å². The van der Waals surface area contributed by atoms with Crippen LogP contribution in [0.2, 0.25) is 0 Å². The maximum Gasteiger partial charge on any atom is 0.416 e. The summed E-state index contributed by atoms with van der Waals surface area (Å²) >= 11 is 4.51. The van der Waals surface area contributed by atoms with Gasteiger partial charge in [0.1, 0.15) is 0 Å². The predicted molar refractivity (Wildman–Crippen MR) is 91.8 cm³/mol. The van der Waals surface area contributed by atoms with Gasteiger partial charge in [0.25, 0.3) is 0 Å². The summed E-state index contributed by atoms with van der Waals surface area (Å²) in [6, 6.07) is -0.337. The van der Waals surface area contributed by atoms with E-state index < -0.39 is 63.4 Å². The quantitative estimate of drug-likeness (QED) is 0.351. The smallest absolute Gasteiger partial charge is 0.376 e. The van der Waals surface area contributed by atoms with Crippen LogP contribution in [-0.4, -0.2) is 5.11 Å². The van der Waals surface area contributed by atoms with Crippen LogP contribution < -0.4 is 10.6 Å². The highest BCUT2D eigenvalue weighted by molar-refractivity contribution is 7.80. The summed E-state index contributed by atoms with van der Waals surface area (Å²) in [5.41, 5.74) is -4.55. The highest BCUT2D eigenvalue weighted by Gasteiger charge is 2.40. The lowest BCUT2D eigenvalue weighted by Crippen LogP contribution is -2.32. The maximum atomic E-state index is 13.1. The van der Waals surface area contributed by atoms with Gasteiger partial charge in [0, 0.05) is 11.4 Å². The van der Waals surface area contributed by atoms with Gasteiger partial charge in [-0.25, -0.2) is 0 Å². The molecular formula is C17H8F12N2S. The van der Waals surface area contributed by atoms with Gasteiger partial charge in [-0.05, 0) is 48.6 Å². The largest absolute Gasteiger partial charge is 0.416 e. The summed E-state index contributed by atoms with van der Waals surface area (Å²) in [5, 5.41) is -1.11. The normalized spacial score (nSPS) is 13.2. The van der Waals surface area contributed by atoms with E-state index >= 15 is 0 Å². The summed E-state index contributed by atoms with van der Waals surface area (Å²) in [6.07, 6.45) is -21.4. The number of alkyl halides is 12. The number of benzene rings is 2. The fourth-order valence-corrected chi connectivity index (χ4v) is 2.75. The Balaban J connectivity index is 2.87. The monoisotopic (exact) mass is 500 g/mol. The van der Waals surface area contributed by atoms with Gasteiger partial charge in [0.05, 0.1) is 22.3 Å². The van der Waals surface area contributed by atoms with Gasteiger partial charge in [0.2, 0.25) is 0 Å². The Kier molecular flexibility index (Phi) is 6.39. The number of nitrogens with zero attached hydrogens (tertiary/aromatic N) is 1. The average Bonchev–Trinajstić information content (AvgIpc) is 2.58. The lowest BCUT2D eigenvalue weighted by Gasteiger charge is -2.27. The molecule has 0 amide bonds. The zero-order valence-electron chi connectivity index (χ0n) is 14.9. The number of hydrogen-bond acceptors (Lipinski definition) is 1. The molecular weight excluding hydrogens is 492 g/mol. The number of rotatable bonds is 2. The third-order valence-corrected chi connectivity index (χ3v) is 4.06. The topological polar surface area (TPSA) is 29.3 Å². The van der Waals surface area contributed by atoms with Crippen molar-refractivity contribution in [1.82, 2.24) is 0 Å². The van der Waals surface area contributed by atoms with Crippen LogP contribution in [0.3, 0.4) is 0 Å². The molecule has 0 saturated heterocycles. The third-order valence-electron chi connectivity index (χ3n) is 3.88. The fraction of sp³-hybridized carbons (Fsp3) is 0.235. The number of halogens is 12. The van der Waals surface area contributed by atoms with Gasteiger partial charge in [-0.15, -0.1) is 0 Å². The molecule has 32 heavy (non-hydrogen) atoms. The standard InChI is InChI=1S/C17H8F12N2S/c18-14(19,20)7-1-8(15(21,22)23)4-11(3-7)31(13(30)32)12-5-9(16(24,25)26)2-10(6-12)17(27,28)29/h1-6H,(H2,30,32). The molecule has 2 aromatic rings. The van der Waals surface area contributed by atoms with Gasteiger partial charge >= 0.3 is 24.7 Å². The summed E-state index contributed by atoms with van der Waals surface area (Å²) in [5.74, 6) is 0. The number of thiocarbonyl (C=S) groups is 1. The van der Waals surface area contributed by atoms with Gasteiger partial charge < -0.3 is 5.73 Å². The lowest BCUT2D eigenvalue weighted by atomic mass is 10.0. The molecule has 0 aromatic heterocycles. The average molecular weight is 500 g/mol. The molecule has 2 nitrogen and oxygen atoms in total. The predicted octanol–water partition coefficient (Wildman–Crippen LogP) is 7.14. The van der Waals surface area contributed by atoms with Crippen molar-refractivity contribution in [3.8, 4) is 0 Å². The van der Waals surface area contributed by atoms with Crippen molar-refractivity contribution in [3.63, 3.8) is 0 Å². The Morgan fingerprint density at radius 3 is 0.906 bits per heavy atom. The first-order valence-electron chi connectivity index (χ1n) is 7.90. The first kappa shape index (κ1) is 25.5. The molecule has 0 spiro atoms. The molecule has 0 radical (unpaired) electrons. The first-order valence-corrected chi connectivity index (χ1v) is 8.30. The zero-order valence-corrected chi connectivity index (χ0v) is 15.7. The lowest BCUT2D eigenvalue weighted by molar-refractivity contribution is -0.144. The molecule has 0 saturated carbocycles. The van der Waals surface area contributed by atoms with Gasteiger partial charge in [-0.2, -0.15) is 52.7 Å². The molecule has 0 unspecified atom stereocenters. The molecule has 0 atom stereocenters. The SMILES string of the molecule is NC(=S)N(c1cc(C(F)(F)F)cc(C(F)(F)F)c1)c1cc(C(F)(F)F)cc(C(F)(F)F)c1. The summed E-state index contributed by atoms with van der Waals surface area (Å²) in [7, 11) is 0. The van der Waals surface area contributed by atoms with E-state index in [1.54, 1.807) is 0 Å². The minimum Gasteiger partial charge on any atom is -0.376 e. The molecule has 2 aromatic carbocycles. The van der Waals surface area contributed by atoms with Crippen LogP contribution in [0.15, 0.2) is 36.4 Å². The van der Waals surface area contributed by atoms with Crippen molar-refractivity contribution in [2.75, 3.05) is 4.90 Å². The van der Waals surface area contributed by atoms with E-state index in [4.69, 9.17) is 5.73 Å². The van der Waals surface area contributed by atoms with Gasteiger partial charge in [-0.3, -0.25) is 4.90 Å². The highest BCUT2D eigenvalue weighted by atomic mass is 32.1. The molecule has 15 heteroatoms. The molecule has 2 N–H and O–H groups in total. The Labute approximate surface area is 176 Å². The molecule has 176 valence electrons. The molecule has 0 aliphatic carbocycles.